The number of hydrogen-bond donors (Lipinski definition) is 2. The van der Waals surface area contributed by atoms with Crippen LogP contribution in [0.25, 0.3) is 0 Å². The Morgan fingerprint density at radius 2 is 2.25 bits per heavy atom. The van der Waals surface area contributed by atoms with Crippen LogP contribution in [-0.4, -0.2) is 36.5 Å². The second-order valence-electron chi connectivity index (χ2n) is 6.06. The fourth-order valence-corrected chi connectivity index (χ4v) is 2.64. The summed E-state index contributed by atoms with van der Waals surface area (Å²) in [6.45, 7) is 6.70. The molecule has 20 heavy (non-hydrogen) atoms. The molecule has 5 heteroatoms. The Bertz CT molecular complexity index is 477. The number of hydrogen-bond acceptors (Lipinski definition) is 4. The Labute approximate surface area is 119 Å². The lowest BCUT2D eigenvalue weighted by molar-refractivity contribution is -0.101. The van der Waals surface area contributed by atoms with Crippen LogP contribution in [0.1, 0.15) is 32.4 Å². The highest BCUT2D eigenvalue weighted by Crippen LogP contribution is 2.29. The lowest BCUT2D eigenvalue weighted by Gasteiger charge is -2.43. The molecule has 0 saturated carbocycles. The number of nitrogens with zero attached hydrogens (tertiary/aromatic N) is 1. The van der Waals surface area contributed by atoms with Crippen molar-refractivity contribution in [3.05, 3.63) is 29.6 Å². The number of nitrogens with two attached hydrogens (primary N) is 1. The Morgan fingerprint density at radius 3 is 2.80 bits per heavy atom. The third-order valence-corrected chi connectivity index (χ3v) is 3.52. The zero-order chi connectivity index (χ0) is 14.9. The maximum Gasteiger partial charge on any atom is 0.146 e. The van der Waals surface area contributed by atoms with E-state index in [1.54, 1.807) is 6.07 Å². The summed E-state index contributed by atoms with van der Waals surface area (Å²) < 4.78 is 20.0. The predicted molar refractivity (Wildman–Crippen MR) is 77.3 cm³/mol. The van der Waals surface area contributed by atoms with Crippen molar-refractivity contribution in [3.8, 4) is 0 Å². The van der Waals surface area contributed by atoms with Gasteiger partial charge in [-0.05, 0) is 38.5 Å². The van der Waals surface area contributed by atoms with Gasteiger partial charge in [-0.2, -0.15) is 0 Å². The lowest BCUT2D eigenvalue weighted by atomic mass is 10.0. The van der Waals surface area contributed by atoms with Gasteiger partial charge in [0.1, 0.15) is 5.82 Å². The van der Waals surface area contributed by atoms with E-state index in [1.807, 2.05) is 31.7 Å². The van der Waals surface area contributed by atoms with E-state index in [1.165, 1.54) is 6.07 Å². The van der Waals surface area contributed by atoms with Gasteiger partial charge in [-0.25, -0.2) is 4.39 Å². The molecule has 1 aliphatic heterocycles. The van der Waals surface area contributed by atoms with Gasteiger partial charge >= 0.3 is 0 Å². The van der Waals surface area contributed by atoms with Gasteiger partial charge in [0.05, 0.1) is 24.0 Å². The van der Waals surface area contributed by atoms with Gasteiger partial charge in [0.2, 0.25) is 0 Å². The molecular formula is C15H23FN2O2. The number of ether oxygens (including phenoxy) is 1. The molecular weight excluding hydrogens is 259 g/mol. The molecule has 4 nitrogen and oxygen atoms in total. The zero-order valence-electron chi connectivity index (χ0n) is 12.3. The van der Waals surface area contributed by atoms with E-state index >= 15 is 0 Å². The van der Waals surface area contributed by atoms with Gasteiger partial charge in [-0.1, -0.05) is 6.07 Å². The molecule has 3 N–H and O–H groups in total. The van der Waals surface area contributed by atoms with Crippen LogP contribution >= 0.6 is 0 Å². The molecule has 1 aromatic rings. The van der Waals surface area contributed by atoms with E-state index in [2.05, 4.69) is 0 Å². The van der Waals surface area contributed by atoms with Crippen LogP contribution in [0, 0.1) is 5.82 Å². The average molecular weight is 282 g/mol. The monoisotopic (exact) mass is 282 g/mol. The lowest BCUT2D eigenvalue weighted by Crippen LogP contribution is -2.54. The fourth-order valence-electron chi connectivity index (χ4n) is 2.64. The van der Waals surface area contributed by atoms with Crippen molar-refractivity contribution in [2.45, 2.75) is 38.5 Å². The van der Waals surface area contributed by atoms with Crippen molar-refractivity contribution in [3.63, 3.8) is 0 Å². The molecule has 2 atom stereocenters. The molecule has 1 aromatic carbocycles. The normalized spacial score (nSPS) is 23.7. The molecule has 0 radical (unpaired) electrons. The van der Waals surface area contributed by atoms with Gasteiger partial charge in [0, 0.05) is 19.1 Å². The van der Waals surface area contributed by atoms with E-state index in [-0.39, 0.29) is 24.6 Å². The van der Waals surface area contributed by atoms with Crippen LogP contribution in [0.5, 0.6) is 0 Å². The molecule has 1 fully saturated rings. The first-order valence-corrected chi connectivity index (χ1v) is 6.91. The number of morpholine rings is 1. The van der Waals surface area contributed by atoms with Crippen LogP contribution in [0.2, 0.25) is 0 Å². The molecule has 2 rings (SSSR count). The largest absolute Gasteiger partial charge is 0.394 e. The highest BCUT2D eigenvalue weighted by Gasteiger charge is 2.34. The van der Waals surface area contributed by atoms with Crippen LogP contribution < -0.4 is 10.6 Å². The summed E-state index contributed by atoms with van der Waals surface area (Å²) in [5.74, 6) is -0.283. The van der Waals surface area contributed by atoms with E-state index in [0.717, 1.165) is 5.56 Å². The van der Waals surface area contributed by atoms with Gasteiger partial charge in [-0.3, -0.25) is 0 Å². The van der Waals surface area contributed by atoms with E-state index in [9.17, 15) is 9.50 Å². The quantitative estimate of drug-likeness (QED) is 0.888. The van der Waals surface area contributed by atoms with Gasteiger partial charge < -0.3 is 20.5 Å². The Kier molecular flexibility index (Phi) is 4.32. The highest BCUT2D eigenvalue weighted by molar-refractivity contribution is 5.50. The first kappa shape index (κ1) is 15.2. The second-order valence-corrected chi connectivity index (χ2v) is 6.06. The molecule has 0 bridgehead atoms. The zero-order valence-corrected chi connectivity index (χ0v) is 12.3. The summed E-state index contributed by atoms with van der Waals surface area (Å²) in [5.41, 5.74) is 6.65. The number of halogens is 1. The Hall–Kier alpha value is -1.17. The molecule has 1 unspecified atom stereocenters. The minimum atomic E-state index is -0.419. The molecule has 1 aliphatic rings. The van der Waals surface area contributed by atoms with Crippen molar-refractivity contribution in [1.82, 2.24) is 0 Å². The molecule has 112 valence electrons. The summed E-state index contributed by atoms with van der Waals surface area (Å²) in [7, 11) is 0. The van der Waals surface area contributed by atoms with Gasteiger partial charge in [0.25, 0.3) is 0 Å². The Balaban J connectivity index is 2.26. The molecule has 1 saturated heterocycles. The van der Waals surface area contributed by atoms with Crippen molar-refractivity contribution in [2.75, 3.05) is 24.6 Å². The van der Waals surface area contributed by atoms with Crippen LogP contribution in [-0.2, 0) is 4.74 Å². The average Bonchev–Trinajstić information content (AvgIpc) is 2.36. The fraction of sp³-hybridized carbons (Fsp3) is 0.600. The third-order valence-electron chi connectivity index (χ3n) is 3.52. The summed E-state index contributed by atoms with van der Waals surface area (Å²) >= 11 is 0. The Morgan fingerprint density at radius 1 is 1.55 bits per heavy atom. The van der Waals surface area contributed by atoms with Crippen LogP contribution in [0.3, 0.4) is 0 Å². The molecule has 0 amide bonds. The standard InChI is InChI=1S/C15H23FN2O2/c1-10(17)11-4-5-14(13(16)6-11)18-7-12(8-19)20-15(2,3)9-18/h4-6,10,12,19H,7-9,17H2,1-3H3/t10-,12?/m0/s1. The second kappa shape index (κ2) is 5.68. The minimum Gasteiger partial charge on any atom is -0.394 e. The van der Waals surface area contributed by atoms with Crippen LogP contribution in [0.15, 0.2) is 18.2 Å². The first-order chi connectivity index (χ1) is 9.32. The van der Waals surface area contributed by atoms with E-state index in [0.29, 0.717) is 18.8 Å². The number of aliphatic hydroxyl groups is 1. The minimum absolute atomic E-state index is 0.0700. The number of anilines is 1. The summed E-state index contributed by atoms with van der Waals surface area (Å²) in [4.78, 5) is 1.92. The maximum absolute atomic E-state index is 14.3. The van der Waals surface area contributed by atoms with Crippen molar-refractivity contribution < 1.29 is 14.2 Å². The van der Waals surface area contributed by atoms with Crippen molar-refractivity contribution >= 4 is 5.69 Å². The third kappa shape index (κ3) is 3.29. The molecule has 1 heterocycles. The molecule has 0 aliphatic carbocycles. The van der Waals surface area contributed by atoms with E-state index < -0.39 is 5.60 Å². The molecule has 0 aromatic heterocycles. The summed E-state index contributed by atoms with van der Waals surface area (Å²) in [6.07, 6.45) is -0.300. The number of aliphatic hydroxyl groups excluding tert-OH is 1. The molecule has 0 spiro atoms. The smallest absolute Gasteiger partial charge is 0.146 e. The van der Waals surface area contributed by atoms with Gasteiger partial charge in [-0.15, -0.1) is 0 Å². The maximum atomic E-state index is 14.3. The van der Waals surface area contributed by atoms with Gasteiger partial charge in [0.15, 0.2) is 0 Å². The summed E-state index contributed by atoms with van der Waals surface area (Å²) in [6, 6.07) is 4.89. The van der Waals surface area contributed by atoms with E-state index in [4.69, 9.17) is 10.5 Å². The van der Waals surface area contributed by atoms with Crippen LogP contribution in [0.4, 0.5) is 10.1 Å². The summed E-state index contributed by atoms with van der Waals surface area (Å²) in [5, 5.41) is 9.31. The van der Waals surface area contributed by atoms with Crippen molar-refractivity contribution in [1.29, 1.82) is 0 Å². The predicted octanol–water partition coefficient (Wildman–Crippen LogP) is 1.82. The topological polar surface area (TPSA) is 58.7 Å². The van der Waals surface area contributed by atoms with Crippen molar-refractivity contribution in [2.24, 2.45) is 5.73 Å². The number of benzene rings is 1. The first-order valence-electron chi connectivity index (χ1n) is 6.91. The highest BCUT2D eigenvalue weighted by atomic mass is 19.1. The SMILES string of the molecule is C[C@H](N)c1ccc(N2CC(CO)OC(C)(C)C2)c(F)c1. The number of rotatable bonds is 3.